The molecule has 0 spiro atoms. The summed E-state index contributed by atoms with van der Waals surface area (Å²) < 4.78 is 23.8. The van der Waals surface area contributed by atoms with Crippen molar-refractivity contribution in [1.82, 2.24) is 5.32 Å². The number of amides is 1. The van der Waals surface area contributed by atoms with E-state index in [1.165, 1.54) is 0 Å². The van der Waals surface area contributed by atoms with E-state index in [1.54, 1.807) is 12.1 Å². The quantitative estimate of drug-likeness (QED) is 0.905. The lowest BCUT2D eigenvalue weighted by Crippen LogP contribution is -2.27. The van der Waals surface area contributed by atoms with Crippen molar-refractivity contribution in [3.8, 4) is 0 Å². The zero-order valence-corrected chi connectivity index (χ0v) is 11.5. The fourth-order valence-electron chi connectivity index (χ4n) is 2.50. The van der Waals surface area contributed by atoms with E-state index in [0.717, 1.165) is 30.4 Å². The summed E-state index contributed by atoms with van der Waals surface area (Å²) in [6.07, 6.45) is 3.95. The molecule has 4 nitrogen and oxygen atoms in total. The second-order valence-electron chi connectivity index (χ2n) is 5.38. The molecule has 1 saturated carbocycles. The number of fused-ring (bicyclic) bond motifs is 1. The number of hydrogen-bond donors (Lipinski definition) is 1. The minimum absolute atomic E-state index is 0.0288. The van der Waals surface area contributed by atoms with Gasteiger partial charge in [-0.05, 0) is 42.9 Å². The molecular weight excluding hydrogens is 262 g/mol. The van der Waals surface area contributed by atoms with E-state index in [-0.39, 0.29) is 11.7 Å². The van der Waals surface area contributed by atoms with Gasteiger partial charge in [-0.2, -0.15) is 0 Å². The highest BCUT2D eigenvalue weighted by Gasteiger charge is 2.25. The number of nitrogens with one attached hydrogen (secondary N) is 1. The van der Waals surface area contributed by atoms with E-state index in [2.05, 4.69) is 5.32 Å². The normalized spacial score (nSPS) is 20.6. The molecule has 1 fully saturated rings. The van der Waals surface area contributed by atoms with Gasteiger partial charge in [-0.15, -0.1) is 0 Å². The van der Waals surface area contributed by atoms with Gasteiger partial charge in [-0.3, -0.25) is 4.79 Å². The summed E-state index contributed by atoms with van der Waals surface area (Å²) in [6.45, 7) is 0. The first-order valence-electron chi connectivity index (χ1n) is 6.68. The lowest BCUT2D eigenvalue weighted by molar-refractivity contribution is -0.120. The van der Waals surface area contributed by atoms with Crippen LogP contribution in [0.25, 0.3) is 0 Å². The smallest absolute Gasteiger partial charge is 0.224 e. The summed E-state index contributed by atoms with van der Waals surface area (Å²) in [6, 6.07) is 5.65. The number of carbonyl (C=O) groups is 1. The Hall–Kier alpha value is -1.36. The monoisotopic (exact) mass is 279 g/mol. The Kier molecular flexibility index (Phi) is 3.09. The molecule has 0 aromatic heterocycles. The lowest BCUT2D eigenvalue weighted by atomic mass is 10.0. The molecule has 1 N–H and O–H groups in total. The van der Waals surface area contributed by atoms with Crippen molar-refractivity contribution < 1.29 is 13.2 Å². The van der Waals surface area contributed by atoms with Gasteiger partial charge >= 0.3 is 0 Å². The molecule has 0 unspecified atom stereocenters. The number of rotatable bonds is 3. The standard InChI is InChI=1S/C14H17NO3S/c16-14(15-12-4-5-12)9-10-3-6-13-11(8-10)2-1-7-19(13,17)18/h3,6,8,12H,1-2,4-5,7,9H2,(H,15,16). The Morgan fingerprint density at radius 2 is 2.11 bits per heavy atom. The Morgan fingerprint density at radius 3 is 2.84 bits per heavy atom. The third kappa shape index (κ3) is 2.81. The largest absolute Gasteiger partial charge is 0.353 e. The number of aryl methyl sites for hydroxylation is 1. The zero-order chi connectivity index (χ0) is 13.5. The highest BCUT2D eigenvalue weighted by molar-refractivity contribution is 7.91. The molecule has 0 saturated heterocycles. The molecule has 1 aliphatic heterocycles. The van der Waals surface area contributed by atoms with Crippen LogP contribution in [0.1, 0.15) is 30.4 Å². The highest BCUT2D eigenvalue weighted by Crippen LogP contribution is 2.26. The van der Waals surface area contributed by atoms with Crippen LogP contribution in [0.5, 0.6) is 0 Å². The summed E-state index contributed by atoms with van der Waals surface area (Å²) in [7, 11) is -3.10. The van der Waals surface area contributed by atoms with Crippen molar-refractivity contribution in [2.24, 2.45) is 0 Å². The van der Waals surface area contributed by atoms with E-state index >= 15 is 0 Å². The van der Waals surface area contributed by atoms with Crippen molar-refractivity contribution in [3.63, 3.8) is 0 Å². The van der Waals surface area contributed by atoms with Crippen molar-refractivity contribution in [2.45, 2.75) is 43.0 Å². The second-order valence-corrected chi connectivity index (χ2v) is 7.46. The van der Waals surface area contributed by atoms with Crippen LogP contribution in [-0.2, 0) is 27.5 Å². The molecule has 0 atom stereocenters. The van der Waals surface area contributed by atoms with Crippen LogP contribution in [0.3, 0.4) is 0 Å². The fraction of sp³-hybridized carbons (Fsp3) is 0.500. The second kappa shape index (κ2) is 4.63. The van der Waals surface area contributed by atoms with Crippen LogP contribution in [0, 0.1) is 0 Å². The fourth-order valence-corrected chi connectivity index (χ4v) is 4.08. The summed E-state index contributed by atoms with van der Waals surface area (Å²) in [5.41, 5.74) is 1.76. The number of hydrogen-bond acceptors (Lipinski definition) is 3. The van der Waals surface area contributed by atoms with Crippen molar-refractivity contribution in [1.29, 1.82) is 0 Å². The van der Waals surface area contributed by atoms with Gasteiger partial charge in [-0.1, -0.05) is 12.1 Å². The maximum Gasteiger partial charge on any atom is 0.224 e. The first-order chi connectivity index (χ1) is 9.04. The van der Waals surface area contributed by atoms with Crippen LogP contribution < -0.4 is 5.32 Å². The first-order valence-corrected chi connectivity index (χ1v) is 8.34. The van der Waals surface area contributed by atoms with Crippen molar-refractivity contribution in [2.75, 3.05) is 5.75 Å². The van der Waals surface area contributed by atoms with Crippen molar-refractivity contribution in [3.05, 3.63) is 29.3 Å². The molecule has 0 radical (unpaired) electrons. The first kappa shape index (κ1) is 12.7. The molecule has 1 aromatic carbocycles. The van der Waals surface area contributed by atoms with Crippen molar-refractivity contribution >= 4 is 15.7 Å². The van der Waals surface area contributed by atoms with Crippen LogP contribution in [0.4, 0.5) is 0 Å². The maximum atomic E-state index is 11.9. The predicted octanol–water partition coefficient (Wildman–Crippen LogP) is 1.23. The molecular formula is C14H17NO3S. The van der Waals surface area contributed by atoms with Crippen LogP contribution in [0.2, 0.25) is 0 Å². The van der Waals surface area contributed by atoms with E-state index in [4.69, 9.17) is 0 Å². The Labute approximate surface area is 113 Å². The number of benzene rings is 1. The Balaban J connectivity index is 1.79. The average Bonchev–Trinajstić information content (AvgIpc) is 3.12. The van der Waals surface area contributed by atoms with Gasteiger partial charge in [0.2, 0.25) is 5.91 Å². The van der Waals surface area contributed by atoms with E-state index in [1.807, 2.05) is 6.07 Å². The molecule has 1 aromatic rings. The summed E-state index contributed by atoms with van der Waals surface area (Å²) >= 11 is 0. The molecule has 1 heterocycles. The molecule has 102 valence electrons. The van der Waals surface area contributed by atoms with Gasteiger partial charge < -0.3 is 5.32 Å². The zero-order valence-electron chi connectivity index (χ0n) is 10.7. The Morgan fingerprint density at radius 1 is 1.32 bits per heavy atom. The third-order valence-corrected chi connectivity index (χ3v) is 5.52. The Bertz CT molecular complexity index is 618. The average molecular weight is 279 g/mol. The minimum Gasteiger partial charge on any atom is -0.353 e. The van der Waals surface area contributed by atoms with E-state index in [0.29, 0.717) is 23.8 Å². The lowest BCUT2D eigenvalue weighted by Gasteiger charge is -2.17. The summed E-state index contributed by atoms with van der Waals surface area (Å²) in [5, 5.41) is 2.94. The van der Waals surface area contributed by atoms with Gasteiger partial charge in [0.05, 0.1) is 17.1 Å². The minimum atomic E-state index is -3.10. The molecule has 3 rings (SSSR count). The third-order valence-electron chi connectivity index (χ3n) is 3.63. The molecule has 19 heavy (non-hydrogen) atoms. The topological polar surface area (TPSA) is 63.2 Å². The van der Waals surface area contributed by atoms with Crippen LogP contribution in [-0.4, -0.2) is 26.1 Å². The molecule has 1 aliphatic carbocycles. The molecule has 2 aliphatic rings. The van der Waals surface area contributed by atoms with Gasteiger partial charge in [0, 0.05) is 6.04 Å². The summed E-state index contributed by atoms with van der Waals surface area (Å²) in [5.74, 6) is 0.266. The van der Waals surface area contributed by atoms with Gasteiger partial charge in [-0.25, -0.2) is 8.42 Å². The van der Waals surface area contributed by atoms with Gasteiger partial charge in [0.1, 0.15) is 0 Å². The van der Waals surface area contributed by atoms with Gasteiger partial charge in [0.25, 0.3) is 0 Å². The van der Waals surface area contributed by atoms with E-state index in [9.17, 15) is 13.2 Å². The SMILES string of the molecule is O=C(Cc1ccc2c(c1)CCCS2(=O)=O)NC1CC1. The van der Waals surface area contributed by atoms with E-state index < -0.39 is 9.84 Å². The molecule has 5 heteroatoms. The number of carbonyl (C=O) groups excluding carboxylic acids is 1. The predicted molar refractivity (Wildman–Crippen MR) is 71.7 cm³/mol. The molecule has 1 amide bonds. The van der Waals surface area contributed by atoms with Crippen LogP contribution in [0.15, 0.2) is 23.1 Å². The summed E-state index contributed by atoms with van der Waals surface area (Å²) in [4.78, 5) is 12.2. The highest BCUT2D eigenvalue weighted by atomic mass is 32.2. The maximum absolute atomic E-state index is 11.9. The molecule has 0 bridgehead atoms. The van der Waals surface area contributed by atoms with Crippen LogP contribution >= 0.6 is 0 Å². The number of sulfone groups is 1. The van der Waals surface area contributed by atoms with Gasteiger partial charge in [0.15, 0.2) is 9.84 Å².